The Hall–Kier alpha value is -7.22. The molecular weight excluding hydrogens is 687 g/mol. The molecule has 1 aliphatic carbocycles. The summed E-state index contributed by atoms with van der Waals surface area (Å²) in [6, 6.07) is 74.8. The Balaban J connectivity index is 1.23. The van der Waals surface area contributed by atoms with Crippen molar-refractivity contribution < 1.29 is 0 Å². The van der Waals surface area contributed by atoms with Crippen molar-refractivity contribution in [2.75, 3.05) is 4.90 Å². The van der Waals surface area contributed by atoms with Crippen LogP contribution in [0.1, 0.15) is 29.2 Å². The average molecular weight is 728 g/mol. The SMILES string of the molecule is C=C(C=C1/C(=C\C)c2ccccc2C1(c1ccccc1)c1ccccc1)N(c1ccc(-c2ccccc2)cc1)c1ccc2c3ccccc3c3ccccc3c2c1. The summed E-state index contributed by atoms with van der Waals surface area (Å²) in [7, 11) is 0. The second-order valence-electron chi connectivity index (χ2n) is 14.8. The Morgan fingerprint density at radius 3 is 1.49 bits per heavy atom. The van der Waals surface area contributed by atoms with Gasteiger partial charge in [-0.1, -0.05) is 195 Å². The van der Waals surface area contributed by atoms with Crippen LogP contribution in [-0.2, 0) is 5.41 Å². The molecule has 1 heteroatoms. The van der Waals surface area contributed by atoms with E-state index in [0.29, 0.717) is 0 Å². The van der Waals surface area contributed by atoms with Gasteiger partial charge in [0.15, 0.2) is 0 Å². The number of anilines is 2. The maximum Gasteiger partial charge on any atom is 0.0714 e. The normalized spacial score (nSPS) is 14.7. The van der Waals surface area contributed by atoms with E-state index >= 15 is 0 Å². The van der Waals surface area contributed by atoms with E-state index in [1.54, 1.807) is 0 Å². The molecule has 0 N–H and O–H groups in total. The second-order valence-corrected chi connectivity index (χ2v) is 14.8. The lowest BCUT2D eigenvalue weighted by atomic mass is 9.67. The predicted octanol–water partition coefficient (Wildman–Crippen LogP) is 14.8. The first-order valence-electron chi connectivity index (χ1n) is 19.7. The van der Waals surface area contributed by atoms with Gasteiger partial charge in [0.05, 0.1) is 5.41 Å². The number of hydrogen-bond donors (Lipinski definition) is 0. The van der Waals surface area contributed by atoms with E-state index in [0.717, 1.165) is 17.1 Å². The molecule has 0 amide bonds. The highest BCUT2D eigenvalue weighted by atomic mass is 15.1. The van der Waals surface area contributed by atoms with Crippen LogP contribution in [-0.4, -0.2) is 0 Å². The fourth-order valence-corrected chi connectivity index (χ4v) is 9.38. The molecule has 0 bridgehead atoms. The molecule has 9 aromatic rings. The van der Waals surface area contributed by atoms with Crippen molar-refractivity contribution in [1.29, 1.82) is 0 Å². The van der Waals surface area contributed by atoms with Gasteiger partial charge in [-0.05, 0) is 114 Å². The molecule has 0 aliphatic heterocycles. The van der Waals surface area contributed by atoms with Gasteiger partial charge in [-0.3, -0.25) is 0 Å². The van der Waals surface area contributed by atoms with Crippen molar-refractivity contribution in [3.8, 4) is 11.1 Å². The molecule has 0 unspecified atom stereocenters. The van der Waals surface area contributed by atoms with E-state index in [1.165, 1.54) is 76.8 Å². The summed E-state index contributed by atoms with van der Waals surface area (Å²) < 4.78 is 0. The molecule has 0 saturated heterocycles. The molecule has 10 rings (SSSR count). The van der Waals surface area contributed by atoms with Crippen LogP contribution in [0.2, 0.25) is 0 Å². The van der Waals surface area contributed by atoms with Crippen LogP contribution < -0.4 is 4.90 Å². The third-order valence-electron chi connectivity index (χ3n) is 11.8. The quantitative estimate of drug-likeness (QED) is 0.148. The highest BCUT2D eigenvalue weighted by molar-refractivity contribution is 6.25. The number of nitrogens with zero attached hydrogens (tertiary/aromatic N) is 1. The molecular formula is C56H41N. The summed E-state index contributed by atoms with van der Waals surface area (Å²) in [6.45, 7) is 7.11. The lowest BCUT2D eigenvalue weighted by molar-refractivity contribution is 0.768. The standard InChI is InChI=1S/C56H41N/c1-3-46-52-29-17-18-30-54(52)56(42-21-9-5-10-22-42,43-23-11-6-12-24-43)55(46)37-39(2)57(44-33-31-41(32-34-44)40-19-7-4-8-20-40)45-35-36-51-49-27-14-13-25-47(49)48-26-15-16-28-50(48)53(51)38-45/h3-38H,2H2,1H3/b46-3-,55-37?. The van der Waals surface area contributed by atoms with Gasteiger partial charge in [0.2, 0.25) is 0 Å². The molecule has 0 spiro atoms. The van der Waals surface area contributed by atoms with E-state index in [1.807, 2.05) is 0 Å². The van der Waals surface area contributed by atoms with Crippen LogP contribution in [0.25, 0.3) is 49.0 Å². The van der Waals surface area contributed by atoms with Gasteiger partial charge in [0.1, 0.15) is 0 Å². The largest absolute Gasteiger partial charge is 0.311 e. The van der Waals surface area contributed by atoms with E-state index in [2.05, 4.69) is 230 Å². The fraction of sp³-hybridized carbons (Fsp3) is 0.0357. The number of fused-ring (bicyclic) bond motifs is 7. The smallest absolute Gasteiger partial charge is 0.0714 e. The molecule has 270 valence electrons. The zero-order valence-electron chi connectivity index (χ0n) is 31.9. The molecule has 1 aliphatic rings. The van der Waals surface area contributed by atoms with Crippen LogP contribution >= 0.6 is 0 Å². The van der Waals surface area contributed by atoms with Crippen LogP contribution in [0, 0.1) is 0 Å². The molecule has 9 aromatic carbocycles. The first kappa shape index (κ1) is 34.3. The molecule has 0 fully saturated rings. The Morgan fingerprint density at radius 2 is 0.912 bits per heavy atom. The van der Waals surface area contributed by atoms with Gasteiger partial charge in [-0.25, -0.2) is 0 Å². The van der Waals surface area contributed by atoms with E-state index in [4.69, 9.17) is 6.58 Å². The van der Waals surface area contributed by atoms with Crippen LogP contribution in [0.15, 0.2) is 236 Å². The zero-order valence-corrected chi connectivity index (χ0v) is 31.9. The van der Waals surface area contributed by atoms with Crippen LogP contribution in [0.5, 0.6) is 0 Å². The summed E-state index contributed by atoms with van der Waals surface area (Å²) in [5.41, 5.74) is 12.2. The van der Waals surface area contributed by atoms with Crippen molar-refractivity contribution >= 4 is 49.3 Å². The minimum Gasteiger partial charge on any atom is -0.311 e. The average Bonchev–Trinajstić information content (AvgIpc) is 3.57. The minimum absolute atomic E-state index is 0.564. The number of benzene rings is 9. The summed E-state index contributed by atoms with van der Waals surface area (Å²) in [5.74, 6) is 0. The Morgan fingerprint density at radius 1 is 0.456 bits per heavy atom. The van der Waals surface area contributed by atoms with E-state index < -0.39 is 5.41 Å². The first-order chi connectivity index (χ1) is 28.2. The van der Waals surface area contributed by atoms with Crippen molar-refractivity contribution in [3.05, 3.63) is 259 Å². The van der Waals surface area contributed by atoms with Gasteiger partial charge in [0, 0.05) is 17.1 Å². The molecule has 0 aromatic heterocycles. The highest BCUT2D eigenvalue weighted by Crippen LogP contribution is 2.57. The number of allylic oxidation sites excluding steroid dienone is 4. The molecule has 57 heavy (non-hydrogen) atoms. The first-order valence-corrected chi connectivity index (χ1v) is 19.7. The molecule has 0 saturated carbocycles. The number of hydrogen-bond acceptors (Lipinski definition) is 1. The summed E-state index contributed by atoms with van der Waals surface area (Å²) >= 11 is 0. The van der Waals surface area contributed by atoms with Crippen molar-refractivity contribution in [2.45, 2.75) is 12.3 Å². The molecule has 0 radical (unpaired) electrons. The maximum absolute atomic E-state index is 4.95. The Bertz CT molecular complexity index is 2930. The predicted molar refractivity (Wildman–Crippen MR) is 243 cm³/mol. The summed E-state index contributed by atoms with van der Waals surface area (Å²) in [6.07, 6.45) is 4.63. The topological polar surface area (TPSA) is 3.24 Å². The molecule has 0 atom stereocenters. The minimum atomic E-state index is -0.564. The summed E-state index contributed by atoms with van der Waals surface area (Å²) in [4.78, 5) is 2.34. The van der Waals surface area contributed by atoms with Crippen LogP contribution in [0.4, 0.5) is 11.4 Å². The van der Waals surface area contributed by atoms with Gasteiger partial charge < -0.3 is 4.90 Å². The van der Waals surface area contributed by atoms with Gasteiger partial charge >= 0.3 is 0 Å². The van der Waals surface area contributed by atoms with Crippen molar-refractivity contribution in [2.24, 2.45) is 0 Å². The second kappa shape index (κ2) is 14.1. The Kier molecular flexibility index (Phi) is 8.50. The van der Waals surface area contributed by atoms with Gasteiger partial charge in [-0.15, -0.1) is 0 Å². The molecule has 1 nitrogen and oxygen atoms in total. The van der Waals surface area contributed by atoms with Crippen molar-refractivity contribution in [3.63, 3.8) is 0 Å². The lowest BCUT2D eigenvalue weighted by Gasteiger charge is -2.35. The highest BCUT2D eigenvalue weighted by Gasteiger charge is 2.48. The third-order valence-corrected chi connectivity index (χ3v) is 11.8. The van der Waals surface area contributed by atoms with Gasteiger partial charge in [-0.2, -0.15) is 0 Å². The van der Waals surface area contributed by atoms with Gasteiger partial charge in [0.25, 0.3) is 0 Å². The Labute approximate surface area is 334 Å². The van der Waals surface area contributed by atoms with E-state index in [9.17, 15) is 0 Å². The lowest BCUT2D eigenvalue weighted by Crippen LogP contribution is -2.29. The number of rotatable bonds is 7. The molecule has 0 heterocycles. The maximum atomic E-state index is 4.95. The van der Waals surface area contributed by atoms with Crippen molar-refractivity contribution in [1.82, 2.24) is 0 Å². The van der Waals surface area contributed by atoms with Crippen LogP contribution in [0.3, 0.4) is 0 Å². The monoisotopic (exact) mass is 727 g/mol. The fourth-order valence-electron chi connectivity index (χ4n) is 9.38. The van der Waals surface area contributed by atoms with E-state index in [-0.39, 0.29) is 0 Å². The third kappa shape index (κ3) is 5.54. The zero-order chi connectivity index (χ0) is 38.3. The summed E-state index contributed by atoms with van der Waals surface area (Å²) in [5, 5.41) is 7.49.